The van der Waals surface area contributed by atoms with Crippen molar-refractivity contribution in [2.75, 3.05) is 5.32 Å². The number of rotatable bonds is 3. The number of amides is 2. The van der Waals surface area contributed by atoms with Gasteiger partial charge in [-0.1, -0.05) is 32.1 Å². The van der Waals surface area contributed by atoms with Gasteiger partial charge in [-0.15, -0.1) is 11.3 Å². The maximum absolute atomic E-state index is 12.3. The third-order valence-electron chi connectivity index (χ3n) is 5.24. The van der Waals surface area contributed by atoms with Gasteiger partial charge in [-0.2, -0.15) is 0 Å². The monoisotopic (exact) mass is 371 g/mol. The summed E-state index contributed by atoms with van der Waals surface area (Å²) in [4.78, 5) is 29.2. The molecule has 1 aromatic heterocycles. The van der Waals surface area contributed by atoms with Gasteiger partial charge in [0.15, 0.2) is 0 Å². The first-order valence-electron chi connectivity index (χ1n) is 9.71. The molecule has 4 rings (SSSR count). The average molecular weight is 372 g/mol. The Morgan fingerprint density at radius 2 is 1.69 bits per heavy atom. The molecule has 0 aliphatic heterocycles. The second-order valence-corrected chi connectivity index (χ2v) is 8.54. The Morgan fingerprint density at radius 1 is 0.962 bits per heavy atom. The molecule has 0 spiro atoms. The molecule has 0 saturated heterocycles. The molecular weight excluding hydrogens is 346 g/mol. The molecule has 0 unspecified atom stereocenters. The number of anilines is 1. The minimum Gasteiger partial charge on any atom is -0.345 e. The third kappa shape index (κ3) is 4.23. The number of benzene rings is 1. The van der Waals surface area contributed by atoms with E-state index < -0.39 is 11.8 Å². The maximum Gasteiger partial charge on any atom is 0.313 e. The maximum atomic E-state index is 12.3. The summed E-state index contributed by atoms with van der Waals surface area (Å²) >= 11 is 1.69. The zero-order valence-electron chi connectivity index (χ0n) is 14.9. The van der Waals surface area contributed by atoms with Crippen LogP contribution in [-0.4, -0.2) is 22.8 Å². The van der Waals surface area contributed by atoms with Crippen LogP contribution in [0.2, 0.25) is 0 Å². The average Bonchev–Trinajstić information content (AvgIpc) is 3.36. The highest BCUT2D eigenvalue weighted by Crippen LogP contribution is 2.43. The van der Waals surface area contributed by atoms with Gasteiger partial charge in [-0.05, 0) is 43.9 Å². The number of thiazole rings is 1. The van der Waals surface area contributed by atoms with Gasteiger partial charge in [0, 0.05) is 17.6 Å². The van der Waals surface area contributed by atoms with Crippen molar-refractivity contribution < 1.29 is 9.59 Å². The van der Waals surface area contributed by atoms with Crippen LogP contribution >= 0.6 is 11.3 Å². The van der Waals surface area contributed by atoms with Crippen LogP contribution < -0.4 is 10.6 Å². The SMILES string of the molecule is O=C(Nc1ccc2nc(C3CC3)sc2c1)C(=O)NC1CCCCCCC1. The lowest BCUT2D eigenvalue weighted by Crippen LogP contribution is -2.42. The van der Waals surface area contributed by atoms with Gasteiger partial charge in [0.2, 0.25) is 0 Å². The van der Waals surface area contributed by atoms with E-state index in [1.54, 1.807) is 11.3 Å². The predicted molar refractivity (Wildman–Crippen MR) is 104 cm³/mol. The van der Waals surface area contributed by atoms with E-state index in [-0.39, 0.29) is 6.04 Å². The third-order valence-corrected chi connectivity index (χ3v) is 6.42. The summed E-state index contributed by atoms with van der Waals surface area (Å²) < 4.78 is 1.06. The molecule has 26 heavy (non-hydrogen) atoms. The van der Waals surface area contributed by atoms with Crippen LogP contribution in [0.5, 0.6) is 0 Å². The number of fused-ring (bicyclic) bond motifs is 1. The van der Waals surface area contributed by atoms with Crippen molar-refractivity contribution in [3.8, 4) is 0 Å². The van der Waals surface area contributed by atoms with Crippen molar-refractivity contribution in [3.63, 3.8) is 0 Å². The molecule has 2 N–H and O–H groups in total. The lowest BCUT2D eigenvalue weighted by atomic mass is 9.97. The standard InChI is InChI=1S/C20H25N3O2S/c24-18(21-14-6-4-2-1-3-5-7-14)19(25)22-15-10-11-16-17(12-15)26-20(23-16)13-8-9-13/h10-14H,1-9H2,(H,21,24)(H,22,25). The Hall–Kier alpha value is -1.95. The van der Waals surface area contributed by atoms with Gasteiger partial charge >= 0.3 is 11.8 Å². The molecule has 2 aliphatic carbocycles. The molecule has 5 nitrogen and oxygen atoms in total. The molecule has 2 aromatic rings. The first-order chi connectivity index (χ1) is 12.7. The van der Waals surface area contributed by atoms with E-state index in [4.69, 9.17) is 0 Å². The van der Waals surface area contributed by atoms with Crippen LogP contribution in [0.1, 0.15) is 68.7 Å². The Labute approximate surface area is 157 Å². The van der Waals surface area contributed by atoms with Crippen molar-refractivity contribution in [1.82, 2.24) is 10.3 Å². The number of hydrogen-bond acceptors (Lipinski definition) is 4. The Morgan fingerprint density at radius 3 is 2.42 bits per heavy atom. The van der Waals surface area contributed by atoms with Gasteiger partial charge in [0.1, 0.15) is 0 Å². The molecule has 138 valence electrons. The number of nitrogens with zero attached hydrogens (tertiary/aromatic N) is 1. The minimum absolute atomic E-state index is 0.124. The summed E-state index contributed by atoms with van der Waals surface area (Å²) in [6, 6.07) is 5.78. The van der Waals surface area contributed by atoms with Gasteiger partial charge < -0.3 is 10.6 Å². The number of carbonyl (C=O) groups excluding carboxylic acids is 2. The smallest absolute Gasteiger partial charge is 0.313 e. The highest BCUT2D eigenvalue weighted by molar-refractivity contribution is 7.18. The normalized spacial score (nSPS) is 18.9. The predicted octanol–water partition coefficient (Wildman–Crippen LogP) is 4.34. The minimum atomic E-state index is -0.585. The van der Waals surface area contributed by atoms with Crippen molar-refractivity contribution in [1.29, 1.82) is 0 Å². The largest absolute Gasteiger partial charge is 0.345 e. The lowest BCUT2D eigenvalue weighted by molar-refractivity contribution is -0.136. The van der Waals surface area contributed by atoms with E-state index >= 15 is 0 Å². The molecule has 0 radical (unpaired) electrons. The molecule has 6 heteroatoms. The summed E-state index contributed by atoms with van der Waals surface area (Å²) in [6.45, 7) is 0. The molecule has 2 aliphatic rings. The van der Waals surface area contributed by atoms with Crippen LogP contribution in [-0.2, 0) is 9.59 Å². The van der Waals surface area contributed by atoms with E-state index in [9.17, 15) is 9.59 Å². The van der Waals surface area contributed by atoms with Crippen LogP contribution in [0.3, 0.4) is 0 Å². The van der Waals surface area contributed by atoms with Crippen molar-refractivity contribution in [3.05, 3.63) is 23.2 Å². The fourth-order valence-corrected chi connectivity index (χ4v) is 4.74. The fraction of sp³-hybridized carbons (Fsp3) is 0.550. The van der Waals surface area contributed by atoms with Crippen LogP contribution in [0, 0.1) is 0 Å². The molecule has 2 saturated carbocycles. The topological polar surface area (TPSA) is 71.1 Å². The van der Waals surface area contributed by atoms with Gasteiger partial charge in [-0.25, -0.2) is 4.98 Å². The van der Waals surface area contributed by atoms with E-state index in [2.05, 4.69) is 15.6 Å². The highest BCUT2D eigenvalue weighted by Gasteiger charge is 2.27. The Balaban J connectivity index is 1.37. The van der Waals surface area contributed by atoms with Gasteiger partial charge in [0.05, 0.1) is 15.2 Å². The van der Waals surface area contributed by atoms with Crippen molar-refractivity contribution in [2.24, 2.45) is 0 Å². The Kier molecular flexibility index (Phi) is 5.20. The molecular formula is C20H25N3O2S. The molecule has 0 bridgehead atoms. The van der Waals surface area contributed by atoms with Crippen molar-refractivity contribution in [2.45, 2.75) is 69.7 Å². The number of hydrogen-bond donors (Lipinski definition) is 2. The summed E-state index contributed by atoms with van der Waals surface area (Å²) in [5, 5.41) is 6.83. The van der Waals surface area contributed by atoms with E-state index in [0.29, 0.717) is 11.6 Å². The zero-order valence-corrected chi connectivity index (χ0v) is 15.7. The van der Waals surface area contributed by atoms with E-state index in [0.717, 1.165) is 35.9 Å². The molecule has 2 fully saturated rings. The van der Waals surface area contributed by atoms with E-state index in [1.807, 2.05) is 18.2 Å². The van der Waals surface area contributed by atoms with Crippen LogP contribution in [0.15, 0.2) is 18.2 Å². The highest BCUT2D eigenvalue weighted by atomic mass is 32.1. The summed E-state index contributed by atoms with van der Waals surface area (Å²) in [5.74, 6) is -0.489. The fourth-order valence-electron chi connectivity index (χ4n) is 3.56. The number of nitrogens with one attached hydrogen (secondary N) is 2. The second-order valence-electron chi connectivity index (χ2n) is 7.48. The van der Waals surface area contributed by atoms with Gasteiger partial charge in [-0.3, -0.25) is 9.59 Å². The van der Waals surface area contributed by atoms with Crippen molar-refractivity contribution >= 4 is 39.1 Å². The molecule has 1 heterocycles. The second kappa shape index (κ2) is 7.74. The first-order valence-corrected chi connectivity index (χ1v) is 10.5. The van der Waals surface area contributed by atoms with Gasteiger partial charge in [0.25, 0.3) is 0 Å². The van der Waals surface area contributed by atoms with E-state index in [1.165, 1.54) is 37.1 Å². The first kappa shape index (κ1) is 17.5. The number of aromatic nitrogens is 1. The summed E-state index contributed by atoms with van der Waals surface area (Å²) in [6.07, 6.45) is 10.4. The molecule has 2 amide bonds. The molecule has 1 aromatic carbocycles. The summed E-state index contributed by atoms with van der Waals surface area (Å²) in [7, 11) is 0. The number of carbonyl (C=O) groups is 2. The quantitative estimate of drug-likeness (QED) is 0.789. The summed E-state index contributed by atoms with van der Waals surface area (Å²) in [5.41, 5.74) is 1.62. The van der Waals surface area contributed by atoms with Crippen LogP contribution in [0.25, 0.3) is 10.2 Å². The lowest BCUT2D eigenvalue weighted by Gasteiger charge is -2.20. The zero-order chi connectivity index (χ0) is 17.9. The van der Waals surface area contributed by atoms with Crippen LogP contribution in [0.4, 0.5) is 5.69 Å². The molecule has 0 atom stereocenters. The Bertz CT molecular complexity index is 804.